The van der Waals surface area contributed by atoms with Crippen LogP contribution in [-0.2, 0) is 16.6 Å². The maximum absolute atomic E-state index is 13.0. The van der Waals surface area contributed by atoms with Crippen LogP contribution in [0.1, 0.15) is 5.56 Å². The molecule has 5 heteroatoms. The Balaban J connectivity index is 2.24. The molecule has 0 aliphatic heterocycles. The van der Waals surface area contributed by atoms with Gasteiger partial charge in [0.2, 0.25) is 0 Å². The lowest BCUT2D eigenvalue weighted by Crippen LogP contribution is -2.00. The molecule has 0 saturated heterocycles. The number of nitrogens with two attached hydrogens (primary N) is 1. The van der Waals surface area contributed by atoms with E-state index in [0.29, 0.717) is 16.3 Å². The second kappa shape index (κ2) is 4.76. The number of nitrogen functional groups attached to an aromatic ring is 1. The van der Waals surface area contributed by atoms with Gasteiger partial charge >= 0.3 is 0 Å². The van der Waals surface area contributed by atoms with Gasteiger partial charge in [0.15, 0.2) is 0 Å². The zero-order valence-corrected chi connectivity index (χ0v) is 9.98. The Morgan fingerprint density at radius 3 is 2.88 bits per heavy atom. The van der Waals surface area contributed by atoms with E-state index in [2.05, 4.69) is 0 Å². The van der Waals surface area contributed by atoms with Crippen molar-refractivity contribution in [1.29, 1.82) is 0 Å². The summed E-state index contributed by atoms with van der Waals surface area (Å²) in [6.45, 7) is 0. The maximum Gasteiger partial charge on any atom is 0.124 e. The number of thiophene rings is 1. The first kappa shape index (κ1) is 11.3. The lowest BCUT2D eigenvalue weighted by atomic mass is 10.3. The topological polar surface area (TPSA) is 43.1 Å². The molecule has 2 aromatic rings. The Morgan fingerprint density at radius 1 is 1.38 bits per heavy atom. The molecule has 0 fully saturated rings. The van der Waals surface area contributed by atoms with Crippen LogP contribution < -0.4 is 5.73 Å². The predicted octanol–water partition coefficient (Wildman–Crippen LogP) is 2.78. The zero-order chi connectivity index (χ0) is 11.5. The number of benzene rings is 1. The quantitative estimate of drug-likeness (QED) is 0.857. The van der Waals surface area contributed by atoms with Crippen molar-refractivity contribution in [3.63, 3.8) is 0 Å². The Morgan fingerprint density at radius 2 is 2.19 bits per heavy atom. The lowest BCUT2D eigenvalue weighted by Gasteiger charge is -2.04. The summed E-state index contributed by atoms with van der Waals surface area (Å²) >= 11 is 1.54. The molecular formula is C11H10FNOS2. The molecule has 0 bridgehead atoms. The van der Waals surface area contributed by atoms with Gasteiger partial charge < -0.3 is 5.73 Å². The summed E-state index contributed by atoms with van der Waals surface area (Å²) in [6.07, 6.45) is 0. The van der Waals surface area contributed by atoms with Gasteiger partial charge in [-0.15, -0.1) is 0 Å². The predicted molar refractivity (Wildman–Crippen MR) is 65.2 cm³/mol. The summed E-state index contributed by atoms with van der Waals surface area (Å²) in [5, 5.41) is 3.84. The van der Waals surface area contributed by atoms with Crippen LogP contribution in [0.4, 0.5) is 10.1 Å². The molecular weight excluding hydrogens is 245 g/mol. The molecule has 0 saturated carbocycles. The van der Waals surface area contributed by atoms with Crippen LogP contribution in [0.25, 0.3) is 0 Å². The third-order valence-corrected chi connectivity index (χ3v) is 4.27. The molecule has 1 atom stereocenters. The molecule has 2 rings (SSSR count). The number of rotatable bonds is 3. The van der Waals surface area contributed by atoms with Crippen LogP contribution in [0.5, 0.6) is 0 Å². The summed E-state index contributed by atoms with van der Waals surface area (Å²) < 4.78 is 25.0. The first-order valence-electron chi connectivity index (χ1n) is 4.61. The second-order valence-electron chi connectivity index (χ2n) is 3.30. The van der Waals surface area contributed by atoms with Gasteiger partial charge in [-0.3, -0.25) is 4.21 Å². The minimum Gasteiger partial charge on any atom is -0.398 e. The van der Waals surface area contributed by atoms with Gasteiger partial charge in [-0.25, -0.2) is 4.39 Å². The Kier molecular flexibility index (Phi) is 3.36. The fourth-order valence-electron chi connectivity index (χ4n) is 1.31. The smallest absolute Gasteiger partial charge is 0.124 e. The summed E-state index contributed by atoms with van der Waals surface area (Å²) in [7, 11) is -1.29. The molecule has 0 radical (unpaired) electrons. The Labute approximate surface area is 99.4 Å². The first-order chi connectivity index (χ1) is 7.66. The summed E-state index contributed by atoms with van der Waals surface area (Å²) in [5.74, 6) is -0.0418. The van der Waals surface area contributed by atoms with Crippen molar-refractivity contribution < 1.29 is 8.60 Å². The van der Waals surface area contributed by atoms with Gasteiger partial charge in [-0.05, 0) is 40.6 Å². The molecule has 1 unspecified atom stereocenters. The third-order valence-electron chi connectivity index (χ3n) is 2.10. The van der Waals surface area contributed by atoms with E-state index >= 15 is 0 Å². The van der Waals surface area contributed by atoms with Crippen molar-refractivity contribution in [3.8, 4) is 0 Å². The highest BCUT2D eigenvalue weighted by atomic mass is 32.2. The zero-order valence-electron chi connectivity index (χ0n) is 8.35. The highest BCUT2D eigenvalue weighted by Gasteiger charge is 2.10. The normalized spacial score (nSPS) is 12.6. The van der Waals surface area contributed by atoms with Crippen molar-refractivity contribution in [2.75, 3.05) is 5.73 Å². The molecule has 0 spiro atoms. The van der Waals surface area contributed by atoms with Gasteiger partial charge in [-0.2, -0.15) is 11.3 Å². The number of halogens is 1. The molecule has 1 heterocycles. The summed E-state index contributed by atoms with van der Waals surface area (Å²) in [6, 6.07) is 5.84. The van der Waals surface area contributed by atoms with Crippen molar-refractivity contribution in [1.82, 2.24) is 0 Å². The molecule has 16 heavy (non-hydrogen) atoms. The Bertz CT molecular complexity index is 511. The van der Waals surface area contributed by atoms with Crippen LogP contribution in [-0.4, -0.2) is 4.21 Å². The monoisotopic (exact) mass is 255 g/mol. The maximum atomic E-state index is 13.0. The molecule has 1 aromatic heterocycles. The fourth-order valence-corrected chi connectivity index (χ4v) is 3.30. The van der Waals surface area contributed by atoms with Gasteiger partial charge in [0, 0.05) is 5.69 Å². The fraction of sp³-hybridized carbons (Fsp3) is 0.0909. The minimum absolute atomic E-state index is 0.367. The first-order valence-corrected chi connectivity index (χ1v) is 6.87. The SMILES string of the molecule is Nc1ccc(F)cc1S(=O)Cc1ccsc1. The second-order valence-corrected chi connectivity index (χ2v) is 5.50. The standard InChI is InChI=1S/C11H10FNOS2/c12-9-1-2-10(13)11(5-9)16(14)7-8-3-4-15-6-8/h1-6H,7,13H2. The Hall–Kier alpha value is -1.20. The minimum atomic E-state index is -1.29. The van der Waals surface area contributed by atoms with E-state index in [-0.39, 0.29) is 0 Å². The van der Waals surface area contributed by atoms with Crippen molar-refractivity contribution >= 4 is 27.8 Å². The highest BCUT2D eigenvalue weighted by Crippen LogP contribution is 2.21. The van der Waals surface area contributed by atoms with Crippen LogP contribution in [0.2, 0.25) is 0 Å². The van der Waals surface area contributed by atoms with E-state index in [1.807, 2.05) is 16.8 Å². The summed E-state index contributed by atoms with van der Waals surface area (Å²) in [4.78, 5) is 0.367. The van der Waals surface area contributed by atoms with Crippen molar-refractivity contribution in [2.45, 2.75) is 10.6 Å². The molecule has 2 N–H and O–H groups in total. The van der Waals surface area contributed by atoms with E-state index in [4.69, 9.17) is 5.73 Å². The molecule has 84 valence electrons. The molecule has 0 aliphatic carbocycles. The highest BCUT2D eigenvalue weighted by molar-refractivity contribution is 7.84. The number of anilines is 1. The van der Waals surface area contributed by atoms with Crippen LogP contribution in [0.3, 0.4) is 0 Å². The van der Waals surface area contributed by atoms with Gasteiger partial charge in [0.25, 0.3) is 0 Å². The molecule has 0 aliphatic rings. The van der Waals surface area contributed by atoms with Crippen molar-refractivity contribution in [3.05, 3.63) is 46.4 Å². The van der Waals surface area contributed by atoms with Crippen LogP contribution >= 0.6 is 11.3 Å². The lowest BCUT2D eigenvalue weighted by molar-refractivity contribution is 0.623. The van der Waals surface area contributed by atoms with Gasteiger partial charge in [0.05, 0.1) is 21.4 Å². The van der Waals surface area contributed by atoms with E-state index in [0.717, 1.165) is 5.56 Å². The van der Waals surface area contributed by atoms with Gasteiger partial charge in [-0.1, -0.05) is 0 Å². The number of hydrogen-bond acceptors (Lipinski definition) is 3. The summed E-state index contributed by atoms with van der Waals surface area (Å²) in [5.41, 5.74) is 7.01. The van der Waals surface area contributed by atoms with Crippen LogP contribution in [0.15, 0.2) is 39.9 Å². The van der Waals surface area contributed by atoms with E-state index < -0.39 is 16.6 Å². The third kappa shape index (κ3) is 2.48. The molecule has 0 amide bonds. The largest absolute Gasteiger partial charge is 0.398 e. The average Bonchev–Trinajstić information content (AvgIpc) is 2.74. The average molecular weight is 255 g/mol. The molecule has 1 aromatic carbocycles. The van der Waals surface area contributed by atoms with Crippen molar-refractivity contribution in [2.24, 2.45) is 0 Å². The van der Waals surface area contributed by atoms with Crippen LogP contribution in [0, 0.1) is 5.82 Å². The van der Waals surface area contributed by atoms with Gasteiger partial charge in [0.1, 0.15) is 5.82 Å². The molecule has 2 nitrogen and oxygen atoms in total. The van der Waals surface area contributed by atoms with E-state index in [1.54, 1.807) is 11.3 Å². The van der Waals surface area contributed by atoms with E-state index in [9.17, 15) is 8.60 Å². The van der Waals surface area contributed by atoms with E-state index in [1.165, 1.54) is 18.2 Å². The number of hydrogen-bond donors (Lipinski definition) is 1.